The van der Waals surface area contributed by atoms with Crippen molar-refractivity contribution in [2.45, 2.75) is 230 Å². The SMILES string of the molecule is CCCCCCCCC/C=C\CCCCCCC(=O)OC[C@@H](CO[C@H]1O[C@H](CO)[C@H](O)[C@H](O)[C@H]1O)OC(=O)CCCCCCCCCCCCCCC. The molecule has 0 unspecified atom stereocenters. The summed E-state index contributed by atoms with van der Waals surface area (Å²) in [6.07, 6.45) is 27.9. The van der Waals surface area contributed by atoms with Crippen molar-refractivity contribution in [2.75, 3.05) is 19.8 Å². The van der Waals surface area contributed by atoms with E-state index in [1.54, 1.807) is 0 Å². The van der Waals surface area contributed by atoms with Gasteiger partial charge in [-0.15, -0.1) is 0 Å². The summed E-state index contributed by atoms with van der Waals surface area (Å²) in [6, 6.07) is 0. The van der Waals surface area contributed by atoms with Crippen molar-refractivity contribution in [1.82, 2.24) is 0 Å². The zero-order chi connectivity index (χ0) is 38.8. The van der Waals surface area contributed by atoms with Crippen molar-refractivity contribution in [1.29, 1.82) is 0 Å². The Kier molecular flexibility index (Phi) is 32.6. The quantitative estimate of drug-likeness (QED) is 0.0277. The lowest BCUT2D eigenvalue weighted by molar-refractivity contribution is -0.305. The van der Waals surface area contributed by atoms with Crippen molar-refractivity contribution in [3.8, 4) is 0 Å². The lowest BCUT2D eigenvalue weighted by Crippen LogP contribution is -2.59. The predicted molar refractivity (Wildman–Crippen MR) is 210 cm³/mol. The van der Waals surface area contributed by atoms with Gasteiger partial charge in [-0.3, -0.25) is 9.59 Å². The molecule has 0 aromatic heterocycles. The molecule has 1 heterocycles. The number of allylic oxidation sites excluding steroid dienone is 2. The number of esters is 2. The number of aliphatic hydroxyl groups excluding tert-OH is 4. The van der Waals surface area contributed by atoms with E-state index in [-0.39, 0.29) is 32.0 Å². The Bertz CT molecular complexity index is 881. The van der Waals surface area contributed by atoms with E-state index >= 15 is 0 Å². The Balaban J connectivity index is 2.35. The van der Waals surface area contributed by atoms with Gasteiger partial charge >= 0.3 is 11.9 Å². The molecule has 4 N–H and O–H groups in total. The average Bonchev–Trinajstić information content (AvgIpc) is 3.15. The van der Waals surface area contributed by atoms with Crippen LogP contribution < -0.4 is 0 Å². The van der Waals surface area contributed by atoms with Gasteiger partial charge in [0.2, 0.25) is 0 Å². The van der Waals surface area contributed by atoms with Crippen LogP contribution in [0.15, 0.2) is 12.2 Å². The van der Waals surface area contributed by atoms with Gasteiger partial charge in [0.05, 0.1) is 13.2 Å². The van der Waals surface area contributed by atoms with Crippen LogP contribution in [0.5, 0.6) is 0 Å². The maximum atomic E-state index is 12.7. The zero-order valence-corrected chi connectivity index (χ0v) is 33.8. The van der Waals surface area contributed by atoms with Crippen molar-refractivity contribution >= 4 is 11.9 Å². The second kappa shape index (κ2) is 34.9. The molecule has 0 aromatic rings. The molecule has 1 rings (SSSR count). The number of carbonyl (C=O) groups is 2. The standard InChI is InChI=1S/C43H80O10/c1-3-5-7-9-11-13-15-17-18-20-21-23-25-27-29-31-38(45)50-34-36(35-51-43-42(49)41(48)40(47)37(33-44)53-43)52-39(46)32-30-28-26-24-22-19-16-14-12-10-8-6-4-2/h18,20,36-37,40-44,47-49H,3-17,19,21-35H2,1-2H3/b20-18-/t36-,37+,40-,41-,42+,43-/m0/s1. The Hall–Kier alpha value is -1.56. The van der Waals surface area contributed by atoms with Gasteiger partial charge in [-0.25, -0.2) is 0 Å². The summed E-state index contributed by atoms with van der Waals surface area (Å²) < 4.78 is 22.1. The van der Waals surface area contributed by atoms with Gasteiger partial charge in [-0.2, -0.15) is 0 Å². The molecule has 0 aliphatic carbocycles. The summed E-state index contributed by atoms with van der Waals surface area (Å²) >= 11 is 0. The fourth-order valence-electron chi connectivity index (χ4n) is 6.65. The molecule has 1 fully saturated rings. The first kappa shape index (κ1) is 49.5. The van der Waals surface area contributed by atoms with Gasteiger partial charge in [0.25, 0.3) is 0 Å². The zero-order valence-electron chi connectivity index (χ0n) is 33.8. The van der Waals surface area contributed by atoms with Gasteiger partial charge in [0.1, 0.15) is 31.0 Å². The van der Waals surface area contributed by atoms with E-state index in [9.17, 15) is 30.0 Å². The van der Waals surface area contributed by atoms with Crippen molar-refractivity contribution < 1.29 is 49.0 Å². The van der Waals surface area contributed by atoms with Gasteiger partial charge in [0, 0.05) is 12.8 Å². The first-order valence-corrected chi connectivity index (χ1v) is 21.8. The van der Waals surface area contributed by atoms with E-state index < -0.39 is 49.4 Å². The van der Waals surface area contributed by atoms with Gasteiger partial charge < -0.3 is 39.4 Å². The second-order valence-corrected chi connectivity index (χ2v) is 15.2. The van der Waals surface area contributed by atoms with Crippen LogP contribution >= 0.6 is 0 Å². The second-order valence-electron chi connectivity index (χ2n) is 15.2. The molecular formula is C43H80O10. The molecule has 0 bridgehead atoms. The number of unbranched alkanes of at least 4 members (excludes halogenated alkanes) is 23. The molecule has 0 spiro atoms. The highest BCUT2D eigenvalue weighted by molar-refractivity contribution is 5.70. The third-order valence-electron chi connectivity index (χ3n) is 10.2. The van der Waals surface area contributed by atoms with Crippen molar-refractivity contribution in [3.05, 3.63) is 12.2 Å². The first-order valence-electron chi connectivity index (χ1n) is 21.8. The van der Waals surface area contributed by atoms with E-state index in [1.165, 1.54) is 103 Å². The maximum Gasteiger partial charge on any atom is 0.306 e. The van der Waals surface area contributed by atoms with E-state index in [2.05, 4.69) is 26.0 Å². The Morgan fingerprint density at radius 3 is 1.47 bits per heavy atom. The van der Waals surface area contributed by atoms with Crippen LogP contribution in [0.2, 0.25) is 0 Å². The molecule has 0 aromatic carbocycles. The molecule has 312 valence electrons. The molecule has 53 heavy (non-hydrogen) atoms. The molecule has 1 saturated heterocycles. The summed E-state index contributed by atoms with van der Waals surface area (Å²) in [5.74, 6) is -0.812. The smallest absolute Gasteiger partial charge is 0.306 e. The third-order valence-corrected chi connectivity index (χ3v) is 10.2. The normalized spacial score (nSPS) is 20.9. The van der Waals surface area contributed by atoms with Crippen molar-refractivity contribution in [2.24, 2.45) is 0 Å². The number of hydrogen-bond donors (Lipinski definition) is 4. The summed E-state index contributed by atoms with van der Waals surface area (Å²) in [5, 5.41) is 40.0. The van der Waals surface area contributed by atoms with E-state index in [1.807, 2.05) is 0 Å². The first-order chi connectivity index (χ1) is 25.8. The summed E-state index contributed by atoms with van der Waals surface area (Å²) in [7, 11) is 0. The lowest BCUT2D eigenvalue weighted by Gasteiger charge is -2.39. The highest BCUT2D eigenvalue weighted by atomic mass is 16.7. The van der Waals surface area contributed by atoms with Crippen LogP contribution in [0.3, 0.4) is 0 Å². The molecule has 6 atom stereocenters. The minimum absolute atomic E-state index is 0.218. The van der Waals surface area contributed by atoms with Crippen LogP contribution in [0.25, 0.3) is 0 Å². The monoisotopic (exact) mass is 757 g/mol. The highest BCUT2D eigenvalue weighted by Gasteiger charge is 2.44. The number of hydrogen-bond acceptors (Lipinski definition) is 10. The molecule has 1 aliphatic heterocycles. The summed E-state index contributed by atoms with van der Waals surface area (Å²) in [5.41, 5.74) is 0. The van der Waals surface area contributed by atoms with E-state index in [0.717, 1.165) is 51.4 Å². The van der Waals surface area contributed by atoms with Crippen LogP contribution in [-0.2, 0) is 28.5 Å². The number of carbonyl (C=O) groups excluding carboxylic acids is 2. The van der Waals surface area contributed by atoms with Gasteiger partial charge in [-0.05, 0) is 38.5 Å². The molecule has 10 nitrogen and oxygen atoms in total. The number of rotatable bonds is 36. The topological polar surface area (TPSA) is 152 Å². The predicted octanol–water partition coefficient (Wildman–Crippen LogP) is 8.78. The molecule has 1 aliphatic rings. The minimum atomic E-state index is -1.59. The number of aliphatic hydroxyl groups is 4. The number of ether oxygens (including phenoxy) is 4. The molecule has 0 amide bonds. The van der Waals surface area contributed by atoms with Crippen LogP contribution in [0, 0.1) is 0 Å². The highest BCUT2D eigenvalue weighted by Crippen LogP contribution is 2.23. The Morgan fingerprint density at radius 2 is 1.00 bits per heavy atom. The summed E-state index contributed by atoms with van der Waals surface area (Å²) in [4.78, 5) is 25.3. The molecular weight excluding hydrogens is 676 g/mol. The lowest BCUT2D eigenvalue weighted by atomic mass is 9.99. The van der Waals surface area contributed by atoms with E-state index in [4.69, 9.17) is 18.9 Å². The van der Waals surface area contributed by atoms with E-state index in [0.29, 0.717) is 12.8 Å². The average molecular weight is 757 g/mol. The van der Waals surface area contributed by atoms with Crippen molar-refractivity contribution in [3.63, 3.8) is 0 Å². The largest absolute Gasteiger partial charge is 0.462 e. The van der Waals surface area contributed by atoms with Crippen LogP contribution in [-0.4, -0.2) is 89.0 Å². The molecule has 0 saturated carbocycles. The Labute approximate surface area is 322 Å². The van der Waals surface area contributed by atoms with Gasteiger partial charge in [0.15, 0.2) is 12.4 Å². The van der Waals surface area contributed by atoms with Gasteiger partial charge in [-0.1, -0.05) is 154 Å². The Morgan fingerprint density at radius 1 is 0.566 bits per heavy atom. The fourth-order valence-corrected chi connectivity index (χ4v) is 6.65. The third kappa shape index (κ3) is 26.8. The fraction of sp³-hybridized carbons (Fsp3) is 0.907. The molecule has 0 radical (unpaired) electrons. The molecule has 10 heteroatoms. The minimum Gasteiger partial charge on any atom is -0.462 e. The van der Waals surface area contributed by atoms with Crippen LogP contribution in [0.1, 0.15) is 194 Å². The maximum absolute atomic E-state index is 12.7. The van der Waals surface area contributed by atoms with Crippen LogP contribution in [0.4, 0.5) is 0 Å². The summed E-state index contributed by atoms with van der Waals surface area (Å²) in [6.45, 7) is 3.41.